The van der Waals surface area contributed by atoms with Crippen LogP contribution in [0.25, 0.3) is 21.5 Å². The molecule has 1 saturated heterocycles. The van der Waals surface area contributed by atoms with Crippen LogP contribution in [-0.2, 0) is 19.2 Å². The second-order valence-electron chi connectivity index (χ2n) is 7.90. The third-order valence-corrected chi connectivity index (χ3v) is 5.81. The molecule has 0 saturated carbocycles. The lowest BCUT2D eigenvalue weighted by Gasteiger charge is -2.29. The van der Waals surface area contributed by atoms with Crippen molar-refractivity contribution in [2.24, 2.45) is 0 Å². The summed E-state index contributed by atoms with van der Waals surface area (Å²) in [7, 11) is 0. The SMILES string of the molecule is O=C1CC(=O)N(c2cccc3cccc(O)c23)C(=O)CC(=O)N1c1cccc2cccc(O)c12. The largest absolute Gasteiger partial charge is 0.507 e. The first-order valence-corrected chi connectivity index (χ1v) is 10.5. The number of nitrogens with zero attached hydrogens (tertiary/aromatic N) is 2. The van der Waals surface area contributed by atoms with Gasteiger partial charge in [0.2, 0.25) is 23.6 Å². The molecule has 4 aromatic rings. The Kier molecular flexibility index (Phi) is 4.98. The first-order valence-electron chi connectivity index (χ1n) is 10.5. The smallest absolute Gasteiger partial charge is 0.243 e. The number of phenols is 2. The lowest BCUT2D eigenvalue weighted by atomic mass is 10.0. The van der Waals surface area contributed by atoms with Gasteiger partial charge in [0.15, 0.2) is 0 Å². The van der Waals surface area contributed by atoms with E-state index < -0.39 is 36.5 Å². The van der Waals surface area contributed by atoms with Crippen molar-refractivity contribution >= 4 is 56.5 Å². The maximum atomic E-state index is 13.2. The molecule has 34 heavy (non-hydrogen) atoms. The Labute approximate surface area is 193 Å². The lowest BCUT2D eigenvalue weighted by molar-refractivity contribution is -0.134. The van der Waals surface area contributed by atoms with Crippen LogP contribution in [0.2, 0.25) is 0 Å². The van der Waals surface area contributed by atoms with E-state index in [0.717, 1.165) is 9.80 Å². The predicted octanol–water partition coefficient (Wildman–Crippen LogP) is 3.62. The Morgan fingerprint density at radius 1 is 0.500 bits per heavy atom. The standard InChI is InChI=1S/C26H18N2O6/c29-19-11-3-7-15-5-1-9-17(25(15)19)27-21(31)13-23(33)28(24(34)14-22(27)32)18-10-2-6-16-8-4-12-20(30)26(16)18/h1-12,29-30H,13-14H2. The fourth-order valence-electron chi connectivity index (χ4n) is 4.37. The van der Waals surface area contributed by atoms with Gasteiger partial charge in [0.1, 0.15) is 24.3 Å². The van der Waals surface area contributed by atoms with Gasteiger partial charge < -0.3 is 10.2 Å². The summed E-state index contributed by atoms with van der Waals surface area (Å²) in [6, 6.07) is 19.1. The van der Waals surface area contributed by atoms with E-state index in [0.29, 0.717) is 10.8 Å². The van der Waals surface area contributed by atoms with Crippen molar-refractivity contribution in [2.45, 2.75) is 12.8 Å². The highest BCUT2D eigenvalue weighted by molar-refractivity contribution is 6.34. The van der Waals surface area contributed by atoms with Gasteiger partial charge in [0.25, 0.3) is 0 Å². The van der Waals surface area contributed by atoms with E-state index in [4.69, 9.17) is 0 Å². The van der Waals surface area contributed by atoms with Crippen molar-refractivity contribution in [3.05, 3.63) is 72.8 Å². The summed E-state index contributed by atoms with van der Waals surface area (Å²) in [6.45, 7) is 0. The first-order chi connectivity index (χ1) is 16.4. The molecule has 0 bridgehead atoms. The maximum Gasteiger partial charge on any atom is 0.243 e. The lowest BCUT2D eigenvalue weighted by Crippen LogP contribution is -2.49. The van der Waals surface area contributed by atoms with Crippen molar-refractivity contribution in [2.75, 3.05) is 9.80 Å². The van der Waals surface area contributed by atoms with E-state index in [2.05, 4.69) is 0 Å². The van der Waals surface area contributed by atoms with Gasteiger partial charge in [-0.05, 0) is 35.0 Å². The quantitative estimate of drug-likeness (QED) is 0.353. The zero-order chi connectivity index (χ0) is 24.0. The monoisotopic (exact) mass is 454 g/mol. The molecule has 0 radical (unpaired) electrons. The molecular weight excluding hydrogens is 436 g/mol. The number of anilines is 2. The minimum absolute atomic E-state index is 0.0995. The number of fused-ring (bicyclic) bond motifs is 2. The number of phenolic OH excluding ortho intramolecular Hbond substituents is 2. The third kappa shape index (κ3) is 3.32. The number of rotatable bonds is 2. The van der Waals surface area contributed by atoms with Crippen LogP contribution in [0.1, 0.15) is 12.8 Å². The Hall–Kier alpha value is -4.72. The van der Waals surface area contributed by atoms with Crippen molar-refractivity contribution in [3.8, 4) is 11.5 Å². The predicted molar refractivity (Wildman–Crippen MR) is 125 cm³/mol. The first kappa shape index (κ1) is 21.1. The number of carbonyl (C=O) groups is 4. The van der Waals surface area contributed by atoms with Crippen molar-refractivity contribution in [1.29, 1.82) is 0 Å². The molecule has 0 atom stereocenters. The molecule has 1 fully saturated rings. The van der Waals surface area contributed by atoms with E-state index in [-0.39, 0.29) is 33.6 Å². The van der Waals surface area contributed by atoms with Crippen molar-refractivity contribution < 1.29 is 29.4 Å². The second kappa shape index (κ2) is 8.00. The van der Waals surface area contributed by atoms with Gasteiger partial charge in [0, 0.05) is 10.8 Å². The van der Waals surface area contributed by atoms with Gasteiger partial charge in [-0.3, -0.25) is 19.2 Å². The van der Waals surface area contributed by atoms with E-state index in [1.807, 2.05) is 0 Å². The second-order valence-corrected chi connectivity index (χ2v) is 7.90. The molecule has 168 valence electrons. The summed E-state index contributed by atoms with van der Waals surface area (Å²) in [5, 5.41) is 22.5. The van der Waals surface area contributed by atoms with Gasteiger partial charge in [-0.25, -0.2) is 9.80 Å². The maximum absolute atomic E-state index is 13.2. The van der Waals surface area contributed by atoms with Crippen LogP contribution in [0, 0.1) is 0 Å². The van der Waals surface area contributed by atoms with Crippen LogP contribution in [-0.4, -0.2) is 33.8 Å². The number of carbonyl (C=O) groups excluding carboxylic acids is 4. The minimum Gasteiger partial charge on any atom is -0.507 e. The number of imide groups is 2. The molecule has 8 nitrogen and oxygen atoms in total. The molecule has 4 amide bonds. The average Bonchev–Trinajstić information content (AvgIpc) is 2.79. The summed E-state index contributed by atoms with van der Waals surface area (Å²) in [6.07, 6.45) is -1.52. The number of benzene rings is 4. The van der Waals surface area contributed by atoms with E-state index in [9.17, 15) is 29.4 Å². The molecule has 0 aromatic heterocycles. The highest BCUT2D eigenvalue weighted by atomic mass is 16.3. The Bertz CT molecular complexity index is 1370. The molecule has 2 N–H and O–H groups in total. The molecule has 1 heterocycles. The molecule has 8 heteroatoms. The fourth-order valence-corrected chi connectivity index (χ4v) is 4.37. The minimum atomic E-state index is -0.826. The van der Waals surface area contributed by atoms with Gasteiger partial charge in [-0.1, -0.05) is 48.5 Å². The van der Waals surface area contributed by atoms with Crippen LogP contribution >= 0.6 is 0 Å². The molecule has 1 aliphatic heterocycles. The summed E-state index contributed by atoms with van der Waals surface area (Å²) >= 11 is 0. The van der Waals surface area contributed by atoms with Gasteiger partial charge in [0.05, 0.1) is 11.4 Å². The molecule has 1 aliphatic rings. The molecule has 4 aromatic carbocycles. The Balaban J connectivity index is 1.60. The highest BCUT2D eigenvalue weighted by Crippen LogP contribution is 2.37. The van der Waals surface area contributed by atoms with E-state index in [1.165, 1.54) is 24.3 Å². The number of hydrogen-bond acceptors (Lipinski definition) is 6. The molecule has 0 unspecified atom stereocenters. The van der Waals surface area contributed by atoms with Crippen LogP contribution < -0.4 is 9.80 Å². The summed E-state index contributed by atoms with van der Waals surface area (Å²) in [5.74, 6) is -3.58. The Morgan fingerprint density at radius 3 is 1.18 bits per heavy atom. The fraction of sp³-hybridized carbons (Fsp3) is 0.0769. The molecule has 0 spiro atoms. The van der Waals surface area contributed by atoms with Gasteiger partial charge >= 0.3 is 0 Å². The molecule has 5 rings (SSSR count). The zero-order valence-electron chi connectivity index (χ0n) is 17.8. The van der Waals surface area contributed by atoms with Crippen LogP contribution in [0.4, 0.5) is 11.4 Å². The highest BCUT2D eigenvalue weighted by Gasteiger charge is 2.37. The third-order valence-electron chi connectivity index (χ3n) is 5.81. The zero-order valence-corrected chi connectivity index (χ0v) is 17.8. The van der Waals surface area contributed by atoms with Crippen molar-refractivity contribution in [1.82, 2.24) is 0 Å². The molecule has 0 aliphatic carbocycles. The summed E-state index contributed by atoms with van der Waals surface area (Å²) in [5.41, 5.74) is 0.199. The number of amides is 4. The Morgan fingerprint density at radius 2 is 0.824 bits per heavy atom. The normalized spacial score (nSPS) is 15.2. The molecular formula is C26H18N2O6. The summed E-state index contributed by atoms with van der Waals surface area (Å²) in [4.78, 5) is 54.3. The van der Waals surface area contributed by atoms with Gasteiger partial charge in [-0.2, -0.15) is 0 Å². The van der Waals surface area contributed by atoms with E-state index in [1.54, 1.807) is 48.5 Å². The van der Waals surface area contributed by atoms with Crippen LogP contribution in [0.5, 0.6) is 11.5 Å². The number of hydrogen-bond donors (Lipinski definition) is 2. The topological polar surface area (TPSA) is 115 Å². The van der Waals surface area contributed by atoms with Crippen molar-refractivity contribution in [3.63, 3.8) is 0 Å². The van der Waals surface area contributed by atoms with Crippen LogP contribution in [0.15, 0.2) is 72.8 Å². The van der Waals surface area contributed by atoms with E-state index >= 15 is 0 Å². The van der Waals surface area contributed by atoms with Gasteiger partial charge in [-0.15, -0.1) is 0 Å². The average molecular weight is 454 g/mol. The summed E-state index contributed by atoms with van der Waals surface area (Å²) < 4.78 is 0. The number of aromatic hydroxyl groups is 2. The van der Waals surface area contributed by atoms with Crippen LogP contribution in [0.3, 0.4) is 0 Å².